The minimum atomic E-state index is -0.830. The highest BCUT2D eigenvalue weighted by molar-refractivity contribution is 9.10. The Morgan fingerprint density at radius 1 is 1.56 bits per heavy atom. The summed E-state index contributed by atoms with van der Waals surface area (Å²) in [6.45, 7) is 4.13. The van der Waals surface area contributed by atoms with Gasteiger partial charge in [0, 0.05) is 10.5 Å². The molecule has 0 saturated heterocycles. The summed E-state index contributed by atoms with van der Waals surface area (Å²) in [5.41, 5.74) is 1.91. The molecule has 0 saturated carbocycles. The molecule has 0 atom stereocenters. The predicted octanol–water partition coefficient (Wildman–Crippen LogP) is 3.56. The number of hydrogen-bond donors (Lipinski definition) is 1. The van der Waals surface area contributed by atoms with Crippen LogP contribution in [0.25, 0.3) is 11.0 Å². The number of imidazole rings is 1. The van der Waals surface area contributed by atoms with Crippen LogP contribution >= 0.6 is 27.7 Å². The van der Waals surface area contributed by atoms with Crippen molar-refractivity contribution in [3.05, 3.63) is 22.7 Å². The molecule has 6 heteroatoms. The first-order chi connectivity index (χ1) is 8.49. The van der Waals surface area contributed by atoms with E-state index in [1.165, 1.54) is 11.8 Å². The maximum atomic E-state index is 10.7. The largest absolute Gasteiger partial charge is 0.481 e. The fourth-order valence-electron chi connectivity index (χ4n) is 1.78. The Morgan fingerprint density at radius 3 is 2.89 bits per heavy atom. The molecule has 0 aliphatic rings. The van der Waals surface area contributed by atoms with Gasteiger partial charge in [0.25, 0.3) is 0 Å². The van der Waals surface area contributed by atoms with Crippen molar-refractivity contribution in [2.24, 2.45) is 0 Å². The highest BCUT2D eigenvalue weighted by Gasteiger charge is 2.14. The normalized spacial score (nSPS) is 11.3. The van der Waals surface area contributed by atoms with E-state index in [0.29, 0.717) is 0 Å². The second-order valence-electron chi connectivity index (χ2n) is 4.17. The van der Waals surface area contributed by atoms with Crippen molar-refractivity contribution >= 4 is 44.7 Å². The number of aliphatic carboxylic acids is 1. The van der Waals surface area contributed by atoms with E-state index in [-0.39, 0.29) is 11.8 Å². The highest BCUT2D eigenvalue weighted by atomic mass is 79.9. The second kappa shape index (κ2) is 5.32. The quantitative estimate of drug-likeness (QED) is 0.872. The third kappa shape index (κ3) is 2.70. The zero-order chi connectivity index (χ0) is 13.3. The standard InChI is InChI=1S/C12H13BrN2O2S/c1-7(2)15-10-4-3-8(13)5-9(10)14-12(15)18-6-11(16)17/h3-5,7H,6H2,1-2H3,(H,16,17). The average Bonchev–Trinajstić information content (AvgIpc) is 2.63. The summed E-state index contributed by atoms with van der Waals surface area (Å²) in [7, 11) is 0. The van der Waals surface area contributed by atoms with Gasteiger partial charge in [-0.1, -0.05) is 27.7 Å². The van der Waals surface area contributed by atoms with Crippen LogP contribution in [-0.4, -0.2) is 26.4 Å². The van der Waals surface area contributed by atoms with E-state index in [1.807, 2.05) is 18.2 Å². The molecule has 1 heterocycles. The summed E-state index contributed by atoms with van der Waals surface area (Å²) >= 11 is 4.67. The highest BCUT2D eigenvalue weighted by Crippen LogP contribution is 2.29. The summed E-state index contributed by atoms with van der Waals surface area (Å²) < 4.78 is 3.04. The number of nitrogens with zero attached hydrogens (tertiary/aromatic N) is 2. The summed E-state index contributed by atoms with van der Waals surface area (Å²) in [4.78, 5) is 15.2. The van der Waals surface area contributed by atoms with Crippen molar-refractivity contribution in [2.45, 2.75) is 25.0 Å². The molecule has 0 amide bonds. The number of hydrogen-bond acceptors (Lipinski definition) is 3. The van der Waals surface area contributed by atoms with Gasteiger partial charge in [0.05, 0.1) is 16.8 Å². The van der Waals surface area contributed by atoms with Gasteiger partial charge in [-0.25, -0.2) is 4.98 Å². The topological polar surface area (TPSA) is 55.1 Å². The van der Waals surface area contributed by atoms with E-state index in [9.17, 15) is 4.79 Å². The van der Waals surface area contributed by atoms with Crippen molar-refractivity contribution in [3.8, 4) is 0 Å². The summed E-state index contributed by atoms with van der Waals surface area (Å²) in [5, 5.41) is 9.51. The Kier molecular flexibility index (Phi) is 3.97. The first kappa shape index (κ1) is 13.4. The van der Waals surface area contributed by atoms with Crippen LogP contribution in [0, 0.1) is 0 Å². The summed E-state index contributed by atoms with van der Waals surface area (Å²) in [6, 6.07) is 6.15. The molecule has 2 aromatic rings. The lowest BCUT2D eigenvalue weighted by molar-refractivity contribution is -0.133. The number of carboxylic acids is 1. The molecule has 1 aromatic carbocycles. The molecule has 0 bridgehead atoms. The van der Waals surface area contributed by atoms with Crippen LogP contribution in [-0.2, 0) is 4.79 Å². The number of thioether (sulfide) groups is 1. The monoisotopic (exact) mass is 328 g/mol. The second-order valence-corrected chi connectivity index (χ2v) is 6.03. The van der Waals surface area contributed by atoms with E-state index < -0.39 is 5.97 Å². The van der Waals surface area contributed by atoms with E-state index in [4.69, 9.17) is 5.11 Å². The zero-order valence-corrected chi connectivity index (χ0v) is 12.5. The van der Waals surface area contributed by atoms with Crippen LogP contribution in [0.3, 0.4) is 0 Å². The van der Waals surface area contributed by atoms with Crippen LogP contribution in [0.1, 0.15) is 19.9 Å². The SMILES string of the molecule is CC(C)n1c(SCC(=O)O)nc2cc(Br)ccc21. The van der Waals surface area contributed by atoms with Crippen molar-refractivity contribution < 1.29 is 9.90 Å². The van der Waals surface area contributed by atoms with Gasteiger partial charge in [-0.15, -0.1) is 0 Å². The Hall–Kier alpha value is -1.01. The Balaban J connectivity index is 2.50. The number of halogens is 1. The summed E-state index contributed by atoms with van der Waals surface area (Å²) in [6.07, 6.45) is 0. The van der Waals surface area contributed by atoms with E-state index in [2.05, 4.69) is 39.3 Å². The third-order valence-electron chi connectivity index (χ3n) is 2.46. The maximum absolute atomic E-state index is 10.7. The Bertz CT molecular complexity index is 595. The van der Waals surface area contributed by atoms with E-state index >= 15 is 0 Å². The number of fused-ring (bicyclic) bond motifs is 1. The van der Waals surface area contributed by atoms with Gasteiger partial charge >= 0.3 is 5.97 Å². The van der Waals surface area contributed by atoms with Crippen molar-refractivity contribution in [1.82, 2.24) is 9.55 Å². The van der Waals surface area contributed by atoms with Crippen LogP contribution in [0.4, 0.5) is 0 Å². The van der Waals surface area contributed by atoms with Crippen LogP contribution < -0.4 is 0 Å². The van der Waals surface area contributed by atoms with Gasteiger partial charge in [-0.05, 0) is 32.0 Å². The first-order valence-corrected chi connectivity index (χ1v) is 7.29. The number of carboxylic acid groups (broad SMARTS) is 1. The fraction of sp³-hybridized carbons (Fsp3) is 0.333. The number of benzene rings is 1. The number of carbonyl (C=O) groups is 1. The maximum Gasteiger partial charge on any atom is 0.313 e. The van der Waals surface area contributed by atoms with Crippen molar-refractivity contribution in [1.29, 1.82) is 0 Å². The van der Waals surface area contributed by atoms with Gasteiger partial charge in [-0.2, -0.15) is 0 Å². The third-order valence-corrected chi connectivity index (χ3v) is 3.89. The molecule has 0 aliphatic heterocycles. The molecule has 0 unspecified atom stereocenters. The molecule has 0 aliphatic carbocycles. The molecule has 18 heavy (non-hydrogen) atoms. The molecule has 0 spiro atoms. The van der Waals surface area contributed by atoms with E-state index in [1.54, 1.807) is 0 Å². The smallest absolute Gasteiger partial charge is 0.313 e. The average molecular weight is 329 g/mol. The first-order valence-electron chi connectivity index (χ1n) is 5.51. The lowest BCUT2D eigenvalue weighted by atomic mass is 10.3. The van der Waals surface area contributed by atoms with E-state index in [0.717, 1.165) is 20.7 Å². The minimum absolute atomic E-state index is 0.0250. The predicted molar refractivity (Wildman–Crippen MR) is 76.2 cm³/mol. The molecule has 0 fully saturated rings. The van der Waals surface area contributed by atoms with Crippen molar-refractivity contribution in [3.63, 3.8) is 0 Å². The molecule has 2 rings (SSSR count). The number of aromatic nitrogens is 2. The fourth-order valence-corrected chi connectivity index (χ4v) is 2.99. The lowest BCUT2D eigenvalue weighted by Crippen LogP contribution is -2.05. The van der Waals surface area contributed by atoms with Crippen LogP contribution in [0.15, 0.2) is 27.8 Å². The van der Waals surface area contributed by atoms with Gasteiger partial charge in [0.15, 0.2) is 5.16 Å². The Morgan fingerprint density at radius 2 is 2.28 bits per heavy atom. The molecule has 1 aromatic heterocycles. The molecular weight excluding hydrogens is 316 g/mol. The molecule has 0 radical (unpaired) electrons. The molecule has 96 valence electrons. The minimum Gasteiger partial charge on any atom is -0.481 e. The van der Waals surface area contributed by atoms with Crippen LogP contribution in [0.5, 0.6) is 0 Å². The molecule has 4 nitrogen and oxygen atoms in total. The lowest BCUT2D eigenvalue weighted by Gasteiger charge is -2.11. The number of rotatable bonds is 4. The molecule has 1 N–H and O–H groups in total. The Labute approximate surface area is 118 Å². The molecular formula is C12H13BrN2O2S. The van der Waals surface area contributed by atoms with Crippen molar-refractivity contribution in [2.75, 3.05) is 5.75 Å². The van der Waals surface area contributed by atoms with Gasteiger partial charge in [0.2, 0.25) is 0 Å². The summed E-state index contributed by atoms with van der Waals surface area (Å²) in [5.74, 6) is -0.805. The zero-order valence-electron chi connectivity index (χ0n) is 10.1. The van der Waals surface area contributed by atoms with Crippen LogP contribution in [0.2, 0.25) is 0 Å². The van der Waals surface area contributed by atoms with Gasteiger partial charge < -0.3 is 9.67 Å². The van der Waals surface area contributed by atoms with Gasteiger partial charge in [-0.3, -0.25) is 4.79 Å². The van der Waals surface area contributed by atoms with Gasteiger partial charge in [0.1, 0.15) is 0 Å².